The molecule has 1 N–H and O–H groups in total. The van der Waals surface area contributed by atoms with E-state index in [2.05, 4.69) is 11.4 Å². The van der Waals surface area contributed by atoms with Crippen LogP contribution < -0.4 is 14.8 Å². The maximum atomic E-state index is 12.2. The van der Waals surface area contributed by atoms with Crippen LogP contribution in [-0.2, 0) is 20.7 Å². The van der Waals surface area contributed by atoms with Crippen LogP contribution in [0.5, 0.6) is 11.5 Å². The molecule has 2 aromatic rings. The summed E-state index contributed by atoms with van der Waals surface area (Å²) in [5, 5.41) is 2.96. The van der Waals surface area contributed by atoms with Gasteiger partial charge in [0, 0.05) is 11.6 Å². The van der Waals surface area contributed by atoms with E-state index in [0.717, 1.165) is 24.8 Å². The van der Waals surface area contributed by atoms with Gasteiger partial charge < -0.3 is 19.5 Å². The maximum Gasteiger partial charge on any atom is 0.331 e. The summed E-state index contributed by atoms with van der Waals surface area (Å²) >= 11 is 0. The smallest absolute Gasteiger partial charge is 0.331 e. The number of carbonyl (C=O) groups is 2. The molecule has 0 radical (unpaired) electrons. The molecular weight excluding hydrogens is 370 g/mol. The Balaban J connectivity index is 1.53. The zero-order chi connectivity index (χ0) is 20.6. The molecule has 3 rings (SSSR count). The summed E-state index contributed by atoms with van der Waals surface area (Å²) in [7, 11) is 3.11. The number of methoxy groups -OCH3 is 2. The number of fused-ring (bicyclic) bond motifs is 1. The van der Waals surface area contributed by atoms with Gasteiger partial charge in [-0.25, -0.2) is 4.79 Å². The lowest BCUT2D eigenvalue weighted by atomic mass is 9.88. The van der Waals surface area contributed by atoms with Crippen LogP contribution in [0.25, 0.3) is 6.08 Å². The van der Waals surface area contributed by atoms with Gasteiger partial charge in [0.15, 0.2) is 6.61 Å². The molecule has 2 aromatic carbocycles. The second kappa shape index (κ2) is 9.78. The SMILES string of the molecule is COc1ccc(OC)c(/C=C/C(=O)OCC(=O)N[C@H]2CCCc3ccccc32)c1. The number of nitrogens with one attached hydrogen (secondary N) is 1. The van der Waals surface area contributed by atoms with Crippen molar-refractivity contribution in [2.45, 2.75) is 25.3 Å². The molecule has 0 saturated heterocycles. The highest BCUT2D eigenvalue weighted by molar-refractivity contribution is 5.89. The van der Waals surface area contributed by atoms with Gasteiger partial charge in [0.25, 0.3) is 5.91 Å². The molecule has 0 saturated carbocycles. The molecule has 0 spiro atoms. The Morgan fingerprint density at radius 3 is 2.76 bits per heavy atom. The highest BCUT2D eigenvalue weighted by Crippen LogP contribution is 2.29. The summed E-state index contributed by atoms with van der Waals surface area (Å²) in [6, 6.07) is 13.3. The number of hydrogen-bond acceptors (Lipinski definition) is 5. The fourth-order valence-electron chi connectivity index (χ4n) is 3.45. The minimum atomic E-state index is -0.603. The van der Waals surface area contributed by atoms with Gasteiger partial charge in [-0.1, -0.05) is 24.3 Å². The molecule has 0 aromatic heterocycles. The molecule has 0 unspecified atom stereocenters. The quantitative estimate of drug-likeness (QED) is 0.574. The molecule has 29 heavy (non-hydrogen) atoms. The number of amides is 1. The normalized spacial score (nSPS) is 15.4. The Labute approximate surface area is 170 Å². The molecule has 1 aliphatic carbocycles. The average Bonchev–Trinajstić information content (AvgIpc) is 2.76. The molecule has 0 fully saturated rings. The summed E-state index contributed by atoms with van der Waals surface area (Å²) in [6.07, 6.45) is 5.76. The van der Waals surface area contributed by atoms with Crippen LogP contribution in [0, 0.1) is 0 Å². The molecule has 0 heterocycles. The predicted octanol–water partition coefficient (Wildman–Crippen LogP) is 3.45. The van der Waals surface area contributed by atoms with Crippen molar-refractivity contribution in [3.8, 4) is 11.5 Å². The lowest BCUT2D eigenvalue weighted by molar-refractivity contribution is -0.144. The summed E-state index contributed by atoms with van der Waals surface area (Å²) in [5.41, 5.74) is 3.08. The fraction of sp³-hybridized carbons (Fsp3) is 0.304. The first-order chi connectivity index (χ1) is 14.1. The second-order valence-corrected chi connectivity index (χ2v) is 6.76. The molecule has 0 aliphatic heterocycles. The molecule has 6 nitrogen and oxygen atoms in total. The van der Waals surface area contributed by atoms with Gasteiger partial charge in [-0.15, -0.1) is 0 Å². The molecule has 152 valence electrons. The third-order valence-corrected chi connectivity index (χ3v) is 4.89. The highest BCUT2D eigenvalue weighted by Gasteiger charge is 2.21. The number of benzene rings is 2. The van der Waals surface area contributed by atoms with Crippen molar-refractivity contribution in [2.75, 3.05) is 20.8 Å². The summed E-state index contributed by atoms with van der Waals surface area (Å²) in [6.45, 7) is -0.322. The Morgan fingerprint density at radius 2 is 1.97 bits per heavy atom. The number of hydrogen-bond donors (Lipinski definition) is 1. The van der Waals surface area contributed by atoms with Crippen molar-refractivity contribution >= 4 is 18.0 Å². The van der Waals surface area contributed by atoms with E-state index >= 15 is 0 Å². The van der Waals surface area contributed by atoms with Gasteiger partial charge in [-0.3, -0.25) is 4.79 Å². The van der Waals surface area contributed by atoms with E-state index in [4.69, 9.17) is 14.2 Å². The van der Waals surface area contributed by atoms with Crippen LogP contribution in [0.1, 0.15) is 35.6 Å². The Kier molecular flexibility index (Phi) is 6.89. The average molecular weight is 395 g/mol. The van der Waals surface area contributed by atoms with Crippen molar-refractivity contribution in [1.82, 2.24) is 5.32 Å². The predicted molar refractivity (Wildman–Crippen MR) is 110 cm³/mol. The molecule has 1 amide bonds. The van der Waals surface area contributed by atoms with Crippen molar-refractivity contribution in [1.29, 1.82) is 0 Å². The molecule has 0 bridgehead atoms. The Hall–Kier alpha value is -3.28. The van der Waals surface area contributed by atoms with E-state index < -0.39 is 5.97 Å². The summed E-state index contributed by atoms with van der Waals surface area (Å²) in [4.78, 5) is 24.2. The zero-order valence-corrected chi connectivity index (χ0v) is 16.6. The van der Waals surface area contributed by atoms with Gasteiger partial charge in [0.1, 0.15) is 11.5 Å². The minimum Gasteiger partial charge on any atom is -0.497 e. The summed E-state index contributed by atoms with van der Waals surface area (Å²) in [5.74, 6) is 0.330. The largest absolute Gasteiger partial charge is 0.497 e. The van der Waals surface area contributed by atoms with Crippen LogP contribution in [-0.4, -0.2) is 32.7 Å². The van der Waals surface area contributed by atoms with Crippen LogP contribution >= 0.6 is 0 Å². The first-order valence-corrected chi connectivity index (χ1v) is 9.54. The van der Waals surface area contributed by atoms with E-state index in [-0.39, 0.29) is 18.6 Å². The monoisotopic (exact) mass is 395 g/mol. The van der Waals surface area contributed by atoms with Crippen LogP contribution in [0.2, 0.25) is 0 Å². The standard InChI is InChI=1S/C23H25NO5/c1-27-18-11-12-21(28-2)17(14-18)10-13-23(26)29-15-22(25)24-20-9-5-7-16-6-3-4-8-19(16)20/h3-4,6,8,10-14,20H,5,7,9,15H2,1-2H3,(H,24,25)/b13-10+/t20-/m0/s1. The Bertz CT molecular complexity index is 906. The first-order valence-electron chi connectivity index (χ1n) is 9.54. The number of rotatable bonds is 7. The molecule has 6 heteroatoms. The van der Waals surface area contributed by atoms with E-state index in [9.17, 15) is 9.59 Å². The van der Waals surface area contributed by atoms with Crippen LogP contribution in [0.15, 0.2) is 48.5 Å². The van der Waals surface area contributed by atoms with E-state index in [1.807, 2.05) is 18.2 Å². The second-order valence-electron chi connectivity index (χ2n) is 6.76. The number of ether oxygens (including phenoxy) is 3. The fourth-order valence-corrected chi connectivity index (χ4v) is 3.45. The van der Waals surface area contributed by atoms with Gasteiger partial charge in [0.05, 0.1) is 20.3 Å². The lowest BCUT2D eigenvalue weighted by Crippen LogP contribution is -2.34. The number of aryl methyl sites for hydroxylation is 1. The first kappa shape index (κ1) is 20.5. The zero-order valence-electron chi connectivity index (χ0n) is 16.6. The van der Waals surface area contributed by atoms with Gasteiger partial charge in [-0.05, 0) is 54.7 Å². The maximum absolute atomic E-state index is 12.2. The number of esters is 1. The van der Waals surface area contributed by atoms with Crippen molar-refractivity contribution in [2.24, 2.45) is 0 Å². The molecule has 1 aliphatic rings. The third kappa shape index (κ3) is 5.38. The van der Waals surface area contributed by atoms with Crippen molar-refractivity contribution in [3.05, 3.63) is 65.2 Å². The van der Waals surface area contributed by atoms with Gasteiger partial charge >= 0.3 is 5.97 Å². The molecular formula is C23H25NO5. The van der Waals surface area contributed by atoms with E-state index in [0.29, 0.717) is 17.1 Å². The van der Waals surface area contributed by atoms with Gasteiger partial charge in [-0.2, -0.15) is 0 Å². The summed E-state index contributed by atoms with van der Waals surface area (Å²) < 4.78 is 15.5. The topological polar surface area (TPSA) is 73.9 Å². The van der Waals surface area contributed by atoms with E-state index in [1.54, 1.807) is 38.5 Å². The van der Waals surface area contributed by atoms with Crippen molar-refractivity contribution in [3.63, 3.8) is 0 Å². The third-order valence-electron chi connectivity index (χ3n) is 4.89. The van der Waals surface area contributed by atoms with Crippen LogP contribution in [0.3, 0.4) is 0 Å². The van der Waals surface area contributed by atoms with E-state index in [1.165, 1.54) is 11.6 Å². The van der Waals surface area contributed by atoms with Gasteiger partial charge in [0.2, 0.25) is 0 Å². The highest BCUT2D eigenvalue weighted by atomic mass is 16.5. The van der Waals surface area contributed by atoms with Crippen molar-refractivity contribution < 1.29 is 23.8 Å². The molecule has 1 atom stereocenters. The minimum absolute atomic E-state index is 0.0391. The Morgan fingerprint density at radius 1 is 1.14 bits per heavy atom. The number of carbonyl (C=O) groups excluding carboxylic acids is 2. The lowest BCUT2D eigenvalue weighted by Gasteiger charge is -2.26. The van der Waals surface area contributed by atoms with Crippen LogP contribution in [0.4, 0.5) is 0 Å².